The van der Waals surface area contributed by atoms with Crippen LogP contribution in [0.15, 0.2) is 0 Å². The topological polar surface area (TPSA) is 12.0 Å². The predicted molar refractivity (Wildman–Crippen MR) is 75.2 cm³/mol. The van der Waals surface area contributed by atoms with Crippen molar-refractivity contribution in [3.63, 3.8) is 0 Å². The maximum atomic E-state index is 3.64. The molecule has 100 valence electrons. The molecule has 0 aromatic carbocycles. The number of hydrogen-bond donors (Lipinski definition) is 1. The molecule has 2 rings (SSSR count). The molecule has 2 saturated carbocycles. The fourth-order valence-corrected chi connectivity index (χ4v) is 4.04. The molecule has 0 radical (unpaired) electrons. The second-order valence-corrected chi connectivity index (χ2v) is 6.39. The first-order valence-electron chi connectivity index (χ1n) is 8.07. The van der Waals surface area contributed by atoms with Crippen LogP contribution in [0.3, 0.4) is 0 Å². The van der Waals surface area contributed by atoms with E-state index in [1.165, 1.54) is 77.0 Å². The van der Waals surface area contributed by atoms with Gasteiger partial charge in [-0.2, -0.15) is 0 Å². The lowest BCUT2D eigenvalue weighted by molar-refractivity contribution is 0.234. The van der Waals surface area contributed by atoms with Crippen molar-refractivity contribution in [2.45, 2.75) is 83.1 Å². The van der Waals surface area contributed by atoms with E-state index in [-0.39, 0.29) is 0 Å². The molecule has 0 bridgehead atoms. The summed E-state index contributed by atoms with van der Waals surface area (Å²) in [6, 6.07) is 0.818. The predicted octanol–water partition coefficient (Wildman–Crippen LogP) is 4.52. The van der Waals surface area contributed by atoms with E-state index in [2.05, 4.69) is 12.4 Å². The molecule has 0 heterocycles. The third-order valence-electron chi connectivity index (χ3n) is 5.15. The van der Waals surface area contributed by atoms with Crippen molar-refractivity contribution in [1.82, 2.24) is 5.32 Å². The monoisotopic (exact) mass is 237 g/mol. The fraction of sp³-hybridized carbons (Fsp3) is 1.00. The Bertz CT molecular complexity index is 188. The van der Waals surface area contributed by atoms with Crippen LogP contribution in [0, 0.1) is 11.8 Å². The van der Waals surface area contributed by atoms with E-state index in [1.54, 1.807) is 0 Å². The summed E-state index contributed by atoms with van der Waals surface area (Å²) in [7, 11) is 2.19. The lowest BCUT2D eigenvalue weighted by Crippen LogP contribution is -2.36. The van der Waals surface area contributed by atoms with Gasteiger partial charge < -0.3 is 5.32 Å². The van der Waals surface area contributed by atoms with Crippen LogP contribution in [0.5, 0.6) is 0 Å². The Labute approximate surface area is 108 Å². The summed E-state index contributed by atoms with van der Waals surface area (Å²) >= 11 is 0. The average Bonchev–Trinajstić information content (AvgIpc) is 2.65. The van der Waals surface area contributed by atoms with E-state index in [0.717, 1.165) is 17.9 Å². The number of rotatable bonds is 4. The second kappa shape index (κ2) is 7.41. The van der Waals surface area contributed by atoms with Crippen molar-refractivity contribution in [2.75, 3.05) is 7.05 Å². The Hall–Kier alpha value is -0.0400. The molecule has 2 aliphatic carbocycles. The molecule has 17 heavy (non-hydrogen) atoms. The van der Waals surface area contributed by atoms with Crippen molar-refractivity contribution in [2.24, 2.45) is 11.8 Å². The molecule has 0 aromatic rings. The highest BCUT2D eigenvalue weighted by Crippen LogP contribution is 2.32. The van der Waals surface area contributed by atoms with Crippen molar-refractivity contribution in [3.8, 4) is 0 Å². The third-order valence-corrected chi connectivity index (χ3v) is 5.15. The van der Waals surface area contributed by atoms with Gasteiger partial charge >= 0.3 is 0 Å². The van der Waals surface area contributed by atoms with Crippen molar-refractivity contribution in [3.05, 3.63) is 0 Å². The quantitative estimate of drug-likeness (QED) is 0.709. The van der Waals surface area contributed by atoms with Crippen LogP contribution in [0.4, 0.5) is 0 Å². The van der Waals surface area contributed by atoms with E-state index >= 15 is 0 Å². The molecule has 0 spiro atoms. The van der Waals surface area contributed by atoms with E-state index < -0.39 is 0 Å². The van der Waals surface area contributed by atoms with Gasteiger partial charge in [0, 0.05) is 6.04 Å². The summed E-state index contributed by atoms with van der Waals surface area (Å²) in [4.78, 5) is 0. The largest absolute Gasteiger partial charge is 0.317 e. The zero-order valence-corrected chi connectivity index (χ0v) is 11.7. The summed E-state index contributed by atoms with van der Waals surface area (Å²) in [6.45, 7) is 0. The lowest BCUT2D eigenvalue weighted by Gasteiger charge is -2.32. The molecule has 0 aromatic heterocycles. The molecule has 1 nitrogen and oxygen atoms in total. The molecule has 1 N–H and O–H groups in total. The maximum absolute atomic E-state index is 3.64. The summed E-state index contributed by atoms with van der Waals surface area (Å²) in [5, 5.41) is 3.64. The molecular weight excluding hydrogens is 206 g/mol. The van der Waals surface area contributed by atoms with Gasteiger partial charge in [-0.3, -0.25) is 0 Å². The second-order valence-electron chi connectivity index (χ2n) is 6.39. The molecule has 1 unspecified atom stereocenters. The minimum atomic E-state index is 0.818. The maximum Gasteiger partial charge on any atom is 0.00949 e. The molecule has 0 aliphatic heterocycles. The van der Waals surface area contributed by atoms with E-state index in [4.69, 9.17) is 0 Å². The normalized spacial score (nSPS) is 26.6. The zero-order valence-electron chi connectivity index (χ0n) is 11.7. The van der Waals surface area contributed by atoms with Gasteiger partial charge in [0.1, 0.15) is 0 Å². The lowest BCUT2D eigenvalue weighted by atomic mass is 9.79. The zero-order chi connectivity index (χ0) is 11.9. The van der Waals surface area contributed by atoms with Gasteiger partial charge in [-0.05, 0) is 38.1 Å². The van der Waals surface area contributed by atoms with Crippen LogP contribution in [0.2, 0.25) is 0 Å². The van der Waals surface area contributed by atoms with E-state index in [9.17, 15) is 0 Å². The van der Waals surface area contributed by atoms with Gasteiger partial charge in [0.25, 0.3) is 0 Å². The molecule has 2 fully saturated rings. The Morgan fingerprint density at radius 2 is 1.35 bits per heavy atom. The SMILES string of the molecule is CNC(CC1CCCCCC1)C1CCCCC1. The van der Waals surface area contributed by atoms with Crippen LogP contribution in [-0.2, 0) is 0 Å². The summed E-state index contributed by atoms with van der Waals surface area (Å²) < 4.78 is 0. The first-order chi connectivity index (χ1) is 8.40. The van der Waals surface area contributed by atoms with Gasteiger partial charge in [0.2, 0.25) is 0 Å². The fourth-order valence-electron chi connectivity index (χ4n) is 4.04. The van der Waals surface area contributed by atoms with Crippen LogP contribution < -0.4 is 5.32 Å². The highest BCUT2D eigenvalue weighted by Gasteiger charge is 2.25. The van der Waals surface area contributed by atoms with E-state index in [1.807, 2.05) is 0 Å². The van der Waals surface area contributed by atoms with Crippen molar-refractivity contribution in [1.29, 1.82) is 0 Å². The first kappa shape index (κ1) is 13.4. The van der Waals surface area contributed by atoms with Crippen molar-refractivity contribution >= 4 is 0 Å². The van der Waals surface area contributed by atoms with Crippen LogP contribution >= 0.6 is 0 Å². The number of hydrogen-bond acceptors (Lipinski definition) is 1. The Balaban J connectivity index is 1.80. The Kier molecular flexibility index (Phi) is 5.84. The van der Waals surface area contributed by atoms with Gasteiger partial charge in [0.05, 0.1) is 0 Å². The standard InChI is InChI=1S/C16H31N/c1-17-16(15-11-7-4-8-12-15)13-14-9-5-2-3-6-10-14/h14-17H,2-13H2,1H3. The molecule has 2 aliphatic rings. The third kappa shape index (κ3) is 4.28. The summed E-state index contributed by atoms with van der Waals surface area (Å²) in [5.74, 6) is 2.01. The summed E-state index contributed by atoms with van der Waals surface area (Å²) in [6.07, 6.45) is 17.8. The molecule has 1 heteroatoms. The highest BCUT2D eigenvalue weighted by molar-refractivity contribution is 4.81. The Morgan fingerprint density at radius 3 is 1.94 bits per heavy atom. The highest BCUT2D eigenvalue weighted by atomic mass is 14.9. The first-order valence-corrected chi connectivity index (χ1v) is 8.07. The van der Waals surface area contributed by atoms with Crippen LogP contribution in [0.1, 0.15) is 77.0 Å². The van der Waals surface area contributed by atoms with Crippen LogP contribution in [0.25, 0.3) is 0 Å². The van der Waals surface area contributed by atoms with E-state index in [0.29, 0.717) is 0 Å². The smallest absolute Gasteiger partial charge is 0.00949 e. The summed E-state index contributed by atoms with van der Waals surface area (Å²) in [5.41, 5.74) is 0. The van der Waals surface area contributed by atoms with Gasteiger partial charge in [-0.25, -0.2) is 0 Å². The van der Waals surface area contributed by atoms with Gasteiger partial charge in [-0.15, -0.1) is 0 Å². The Morgan fingerprint density at radius 1 is 0.824 bits per heavy atom. The van der Waals surface area contributed by atoms with Gasteiger partial charge in [0.15, 0.2) is 0 Å². The molecule has 0 saturated heterocycles. The minimum absolute atomic E-state index is 0.818. The number of nitrogens with one attached hydrogen (secondary N) is 1. The average molecular weight is 237 g/mol. The van der Waals surface area contributed by atoms with Crippen molar-refractivity contribution < 1.29 is 0 Å². The van der Waals surface area contributed by atoms with Gasteiger partial charge in [-0.1, -0.05) is 57.8 Å². The van der Waals surface area contributed by atoms with Crippen LogP contribution in [-0.4, -0.2) is 13.1 Å². The molecular formula is C16H31N. The minimum Gasteiger partial charge on any atom is -0.317 e. The molecule has 1 atom stereocenters. The molecule has 0 amide bonds.